The Morgan fingerprint density at radius 2 is 1.31 bits per heavy atom. The molecule has 8 rings (SSSR count). The van der Waals surface area contributed by atoms with Crippen molar-refractivity contribution >= 4 is 21.8 Å². The molecule has 6 aromatic rings. The van der Waals surface area contributed by atoms with E-state index in [4.69, 9.17) is 0 Å². The molecule has 35 heavy (non-hydrogen) atoms. The van der Waals surface area contributed by atoms with E-state index in [0.29, 0.717) is 5.92 Å². The average Bonchev–Trinajstić information content (AvgIpc) is 3.39. The summed E-state index contributed by atoms with van der Waals surface area (Å²) in [5.74, 6) is 0.360. The number of hydrogen-bond donors (Lipinski definition) is 1. The van der Waals surface area contributed by atoms with Crippen molar-refractivity contribution < 1.29 is 5.11 Å². The maximum atomic E-state index is 11.7. The monoisotopic (exact) mass is 449 g/mol. The fourth-order valence-corrected chi connectivity index (χ4v) is 6.55. The first-order valence-corrected chi connectivity index (χ1v) is 12.3. The molecule has 5 aromatic carbocycles. The average molecular weight is 450 g/mol. The van der Waals surface area contributed by atoms with Gasteiger partial charge in [-0.15, -0.1) is 0 Å². The van der Waals surface area contributed by atoms with Crippen molar-refractivity contribution in [2.24, 2.45) is 0 Å². The van der Waals surface area contributed by atoms with Crippen LogP contribution in [-0.4, -0.2) is 9.67 Å². The molecule has 2 heterocycles. The third-order valence-corrected chi connectivity index (χ3v) is 8.16. The second-order valence-electron chi connectivity index (χ2n) is 9.85. The summed E-state index contributed by atoms with van der Waals surface area (Å²) in [6.07, 6.45) is -0.725. The molecule has 2 heteroatoms. The van der Waals surface area contributed by atoms with Crippen LogP contribution in [0, 0.1) is 0 Å². The Labute approximate surface area is 203 Å². The van der Waals surface area contributed by atoms with Crippen LogP contribution in [0.15, 0.2) is 103 Å². The molecule has 0 saturated carbocycles. The topological polar surface area (TPSA) is 25.2 Å². The van der Waals surface area contributed by atoms with Crippen LogP contribution in [0.1, 0.15) is 35.8 Å². The van der Waals surface area contributed by atoms with Gasteiger partial charge in [0.25, 0.3) is 0 Å². The second kappa shape index (κ2) is 6.71. The molecule has 2 atom stereocenters. The van der Waals surface area contributed by atoms with Gasteiger partial charge in [-0.1, -0.05) is 97.9 Å². The molecule has 2 unspecified atom stereocenters. The number of rotatable bonds is 1. The van der Waals surface area contributed by atoms with Gasteiger partial charge >= 0.3 is 0 Å². The summed E-state index contributed by atoms with van der Waals surface area (Å²) in [7, 11) is 0. The lowest BCUT2D eigenvalue weighted by Crippen LogP contribution is -2.15. The Hall–Kier alpha value is -4.14. The molecule has 2 nitrogen and oxygen atoms in total. The van der Waals surface area contributed by atoms with E-state index >= 15 is 0 Å². The summed E-state index contributed by atoms with van der Waals surface area (Å²) in [6.45, 7) is 2.30. The summed E-state index contributed by atoms with van der Waals surface area (Å²) in [4.78, 5) is 0. The molecule has 166 valence electrons. The van der Waals surface area contributed by atoms with Gasteiger partial charge in [-0.25, -0.2) is 0 Å². The van der Waals surface area contributed by atoms with Crippen LogP contribution in [0.3, 0.4) is 0 Å². The van der Waals surface area contributed by atoms with Gasteiger partial charge in [0.2, 0.25) is 0 Å². The molecule has 1 aliphatic heterocycles. The van der Waals surface area contributed by atoms with E-state index < -0.39 is 6.23 Å². The number of aromatic nitrogens is 1. The lowest BCUT2D eigenvalue weighted by molar-refractivity contribution is 0.155. The van der Waals surface area contributed by atoms with E-state index in [1.165, 1.54) is 49.7 Å². The van der Waals surface area contributed by atoms with E-state index in [9.17, 15) is 5.11 Å². The molecule has 0 saturated heterocycles. The highest BCUT2D eigenvalue weighted by Crippen LogP contribution is 2.52. The van der Waals surface area contributed by atoms with Gasteiger partial charge in [0, 0.05) is 27.8 Å². The fraction of sp³-hybridized carbons (Fsp3) is 0.0909. The maximum Gasteiger partial charge on any atom is 0.158 e. The SMILES string of the molecule is CC1c2ccccc2-c2cc3c(cc21)c1ccc(-c2ccccc2)c2c1n3C(O)c1ccccc1-2. The van der Waals surface area contributed by atoms with Gasteiger partial charge in [-0.3, -0.25) is 0 Å². The van der Waals surface area contributed by atoms with E-state index in [-0.39, 0.29) is 0 Å². The molecular formula is C33H23NO. The standard InChI is InChI=1S/C33H23NO/c1-19-21-11-5-6-12-23(21)28-18-30-29(17-27(19)28)25-16-15-22(20-9-3-2-4-10-20)31-24-13-7-8-14-26(24)33(35)34(30)32(25)31/h2-19,33,35H,1H3. The van der Waals surface area contributed by atoms with Crippen molar-refractivity contribution in [2.75, 3.05) is 0 Å². The second-order valence-corrected chi connectivity index (χ2v) is 9.85. The Morgan fingerprint density at radius 1 is 0.600 bits per heavy atom. The molecular weight excluding hydrogens is 426 g/mol. The van der Waals surface area contributed by atoms with Crippen LogP contribution in [0.5, 0.6) is 0 Å². The highest BCUT2D eigenvalue weighted by molar-refractivity contribution is 6.17. The van der Waals surface area contributed by atoms with Crippen molar-refractivity contribution in [3.8, 4) is 33.4 Å². The van der Waals surface area contributed by atoms with Crippen molar-refractivity contribution in [3.05, 3.63) is 120 Å². The highest BCUT2D eigenvalue weighted by atomic mass is 16.3. The normalized spacial score (nSPS) is 17.4. The minimum Gasteiger partial charge on any atom is -0.369 e. The predicted molar refractivity (Wildman–Crippen MR) is 144 cm³/mol. The smallest absolute Gasteiger partial charge is 0.158 e. The van der Waals surface area contributed by atoms with Crippen molar-refractivity contribution in [2.45, 2.75) is 19.1 Å². The minimum absolute atomic E-state index is 0.360. The van der Waals surface area contributed by atoms with E-state index in [2.05, 4.69) is 109 Å². The molecule has 0 amide bonds. The van der Waals surface area contributed by atoms with Crippen LogP contribution >= 0.6 is 0 Å². The summed E-state index contributed by atoms with van der Waals surface area (Å²) >= 11 is 0. The number of benzene rings is 5. The predicted octanol–water partition coefficient (Wildman–Crippen LogP) is 8.11. The summed E-state index contributed by atoms with van der Waals surface area (Å²) in [5, 5.41) is 14.1. The lowest BCUT2D eigenvalue weighted by Gasteiger charge is -2.27. The molecule has 0 spiro atoms. The van der Waals surface area contributed by atoms with Crippen molar-refractivity contribution in [1.29, 1.82) is 0 Å². The first kappa shape index (κ1) is 19.2. The Kier molecular flexibility index (Phi) is 3.68. The molecule has 0 bridgehead atoms. The Bertz CT molecular complexity index is 1830. The molecule has 1 aromatic heterocycles. The summed E-state index contributed by atoms with van der Waals surface area (Å²) in [5.41, 5.74) is 13.2. The van der Waals surface area contributed by atoms with Crippen molar-refractivity contribution in [1.82, 2.24) is 4.57 Å². The van der Waals surface area contributed by atoms with E-state index in [0.717, 1.165) is 22.2 Å². The number of fused-ring (bicyclic) bond motifs is 8. The largest absolute Gasteiger partial charge is 0.369 e. The Balaban J connectivity index is 1.55. The number of aliphatic hydroxyl groups is 1. The lowest BCUT2D eigenvalue weighted by atomic mass is 9.87. The molecule has 2 aliphatic rings. The summed E-state index contributed by atoms with van der Waals surface area (Å²) < 4.78 is 2.17. The third-order valence-electron chi connectivity index (χ3n) is 8.16. The maximum absolute atomic E-state index is 11.7. The zero-order valence-electron chi connectivity index (χ0n) is 19.4. The van der Waals surface area contributed by atoms with Crippen LogP contribution in [0.4, 0.5) is 0 Å². The van der Waals surface area contributed by atoms with Crippen molar-refractivity contribution in [3.63, 3.8) is 0 Å². The molecule has 1 aliphatic carbocycles. The Morgan fingerprint density at radius 3 is 2.14 bits per heavy atom. The summed E-state index contributed by atoms with van der Waals surface area (Å²) in [6, 6.07) is 36.8. The van der Waals surface area contributed by atoms with Gasteiger partial charge < -0.3 is 9.67 Å². The first-order chi connectivity index (χ1) is 17.2. The van der Waals surface area contributed by atoms with Crippen LogP contribution in [0.2, 0.25) is 0 Å². The fourth-order valence-electron chi connectivity index (χ4n) is 6.55. The quantitative estimate of drug-likeness (QED) is 0.269. The zero-order chi connectivity index (χ0) is 23.3. The van der Waals surface area contributed by atoms with E-state index in [1.807, 2.05) is 6.07 Å². The van der Waals surface area contributed by atoms with E-state index in [1.54, 1.807) is 0 Å². The minimum atomic E-state index is -0.725. The van der Waals surface area contributed by atoms with Gasteiger partial charge in [-0.05, 0) is 51.1 Å². The highest BCUT2D eigenvalue weighted by Gasteiger charge is 2.32. The molecule has 0 radical (unpaired) electrons. The van der Waals surface area contributed by atoms with Gasteiger partial charge in [0.15, 0.2) is 6.23 Å². The number of hydrogen-bond acceptors (Lipinski definition) is 1. The van der Waals surface area contributed by atoms with Crippen LogP contribution in [-0.2, 0) is 0 Å². The molecule has 1 N–H and O–H groups in total. The van der Waals surface area contributed by atoms with Crippen LogP contribution in [0.25, 0.3) is 55.2 Å². The first-order valence-electron chi connectivity index (χ1n) is 12.3. The van der Waals surface area contributed by atoms with Gasteiger partial charge in [-0.2, -0.15) is 0 Å². The third kappa shape index (κ3) is 2.37. The number of aliphatic hydroxyl groups excluding tert-OH is 1. The van der Waals surface area contributed by atoms with Gasteiger partial charge in [0.1, 0.15) is 0 Å². The number of nitrogens with zero attached hydrogens (tertiary/aromatic N) is 1. The zero-order valence-corrected chi connectivity index (χ0v) is 19.4. The van der Waals surface area contributed by atoms with Crippen LogP contribution < -0.4 is 0 Å². The van der Waals surface area contributed by atoms with Gasteiger partial charge in [0.05, 0.1) is 11.0 Å². The molecule has 0 fully saturated rings.